The zero-order valence-electron chi connectivity index (χ0n) is 10.3. The maximum absolute atomic E-state index is 11.8. The van der Waals surface area contributed by atoms with E-state index in [0.29, 0.717) is 5.16 Å². The van der Waals surface area contributed by atoms with Crippen molar-refractivity contribution in [1.29, 1.82) is 0 Å². The van der Waals surface area contributed by atoms with Crippen molar-refractivity contribution >= 4 is 29.3 Å². The number of carboxylic acid groups (broad SMARTS) is 1. The van der Waals surface area contributed by atoms with E-state index in [-0.39, 0.29) is 22.9 Å². The maximum atomic E-state index is 11.8. The van der Waals surface area contributed by atoms with Gasteiger partial charge in [0.15, 0.2) is 5.16 Å². The Balaban J connectivity index is 1.97. The number of hydrogen-bond acceptors (Lipinski definition) is 6. The zero-order valence-corrected chi connectivity index (χ0v) is 11.1. The predicted octanol–water partition coefficient (Wildman–Crippen LogP) is 0.571. The third-order valence-electron chi connectivity index (χ3n) is 2.30. The second kappa shape index (κ2) is 6.67. The fourth-order valence-corrected chi connectivity index (χ4v) is 2.05. The number of carboxylic acids is 1. The minimum absolute atomic E-state index is 0.0539. The number of nitrogens with zero attached hydrogens (tertiary/aromatic N) is 2. The molecule has 1 N–H and O–H groups in total. The van der Waals surface area contributed by atoms with Crippen molar-refractivity contribution in [3.63, 3.8) is 0 Å². The van der Waals surface area contributed by atoms with Gasteiger partial charge in [0.1, 0.15) is 0 Å². The molecule has 0 bridgehead atoms. The number of anilines is 1. The minimum Gasteiger partial charge on any atom is -0.545 e. The lowest BCUT2D eigenvalue weighted by atomic mass is 10.2. The fraction of sp³-hybridized carbons (Fsp3) is 0.0769. The van der Waals surface area contributed by atoms with E-state index in [2.05, 4.69) is 15.3 Å². The summed E-state index contributed by atoms with van der Waals surface area (Å²) >= 11 is 1.16. The largest absolute Gasteiger partial charge is 0.545 e. The molecule has 1 aromatic heterocycles. The molecule has 2 aromatic rings. The number of aromatic carboxylic acids is 1. The number of hydrogen-bond donors (Lipinski definition) is 1. The highest BCUT2D eigenvalue weighted by atomic mass is 32.2. The molecule has 0 aliphatic rings. The molecule has 0 radical (unpaired) electrons. The molecule has 1 amide bonds. The van der Waals surface area contributed by atoms with Crippen LogP contribution in [-0.2, 0) is 4.79 Å². The highest BCUT2D eigenvalue weighted by Crippen LogP contribution is 2.16. The summed E-state index contributed by atoms with van der Waals surface area (Å²) in [6.45, 7) is 0. The first-order valence-electron chi connectivity index (χ1n) is 5.67. The average molecular weight is 288 g/mol. The van der Waals surface area contributed by atoms with Gasteiger partial charge in [0, 0.05) is 23.6 Å². The molecule has 6 nitrogen and oxygen atoms in total. The van der Waals surface area contributed by atoms with Gasteiger partial charge in [0.2, 0.25) is 5.91 Å². The zero-order chi connectivity index (χ0) is 14.4. The number of thioether (sulfide) groups is 1. The molecule has 0 spiro atoms. The Hall–Kier alpha value is -2.41. The predicted molar refractivity (Wildman–Crippen MR) is 72.2 cm³/mol. The summed E-state index contributed by atoms with van der Waals surface area (Å²) in [5.41, 5.74) is 0.161. The summed E-state index contributed by atoms with van der Waals surface area (Å²) < 4.78 is 0. The van der Waals surface area contributed by atoms with Crippen LogP contribution in [0.5, 0.6) is 0 Å². The Morgan fingerprint density at radius 2 is 1.85 bits per heavy atom. The van der Waals surface area contributed by atoms with Crippen molar-refractivity contribution in [1.82, 2.24) is 9.97 Å². The van der Waals surface area contributed by atoms with Crippen molar-refractivity contribution in [2.45, 2.75) is 5.16 Å². The van der Waals surface area contributed by atoms with Gasteiger partial charge in [-0.15, -0.1) is 0 Å². The topological polar surface area (TPSA) is 95.0 Å². The van der Waals surface area contributed by atoms with Crippen LogP contribution in [0.1, 0.15) is 10.4 Å². The van der Waals surface area contributed by atoms with Crippen LogP contribution in [-0.4, -0.2) is 27.6 Å². The van der Waals surface area contributed by atoms with Crippen LogP contribution in [0.3, 0.4) is 0 Å². The van der Waals surface area contributed by atoms with Crippen LogP contribution in [0.25, 0.3) is 0 Å². The van der Waals surface area contributed by atoms with Crippen molar-refractivity contribution in [3.8, 4) is 0 Å². The maximum Gasteiger partial charge on any atom is 0.234 e. The standard InChI is InChI=1S/C13H11N3O3S/c17-11(8-20-13-14-6-3-7-15-13)16-10-5-2-1-4-9(10)12(18)19/h1-7H,8H2,(H,16,17)(H,18,19)/p-1. The van der Waals surface area contributed by atoms with Crippen LogP contribution in [0.2, 0.25) is 0 Å². The summed E-state index contributed by atoms with van der Waals surface area (Å²) in [5, 5.41) is 13.9. The molecule has 102 valence electrons. The van der Waals surface area contributed by atoms with E-state index in [9.17, 15) is 14.7 Å². The van der Waals surface area contributed by atoms with Gasteiger partial charge >= 0.3 is 0 Å². The molecule has 2 rings (SSSR count). The molecule has 20 heavy (non-hydrogen) atoms. The minimum atomic E-state index is -1.33. The number of carbonyl (C=O) groups excluding carboxylic acids is 2. The molecule has 0 saturated carbocycles. The summed E-state index contributed by atoms with van der Waals surface area (Å²) in [7, 11) is 0. The molecule has 0 aliphatic heterocycles. The van der Waals surface area contributed by atoms with Gasteiger partial charge in [-0.25, -0.2) is 9.97 Å². The smallest absolute Gasteiger partial charge is 0.234 e. The van der Waals surface area contributed by atoms with Crippen LogP contribution >= 0.6 is 11.8 Å². The second-order valence-electron chi connectivity index (χ2n) is 3.70. The van der Waals surface area contributed by atoms with Gasteiger partial charge in [-0.1, -0.05) is 30.0 Å². The van der Waals surface area contributed by atoms with Crippen molar-refractivity contribution in [3.05, 3.63) is 48.3 Å². The van der Waals surface area contributed by atoms with Gasteiger partial charge in [-0.2, -0.15) is 0 Å². The van der Waals surface area contributed by atoms with E-state index in [0.717, 1.165) is 11.8 Å². The number of nitrogens with one attached hydrogen (secondary N) is 1. The normalized spacial score (nSPS) is 10.0. The third kappa shape index (κ3) is 3.79. The molecular formula is C13H10N3O3S-. The quantitative estimate of drug-likeness (QED) is 0.638. The first-order chi connectivity index (χ1) is 9.66. The lowest BCUT2D eigenvalue weighted by molar-refractivity contribution is -0.254. The molecule has 0 unspecified atom stereocenters. The first kappa shape index (κ1) is 14.0. The van der Waals surface area contributed by atoms with Crippen LogP contribution in [0.4, 0.5) is 5.69 Å². The van der Waals surface area contributed by atoms with E-state index in [4.69, 9.17) is 0 Å². The van der Waals surface area contributed by atoms with Gasteiger partial charge in [-0.3, -0.25) is 4.79 Å². The summed E-state index contributed by atoms with van der Waals surface area (Å²) in [6.07, 6.45) is 3.16. The Kier molecular flexibility index (Phi) is 4.67. The van der Waals surface area contributed by atoms with Crippen molar-refractivity contribution in [2.24, 2.45) is 0 Å². The monoisotopic (exact) mass is 288 g/mol. The van der Waals surface area contributed by atoms with Gasteiger partial charge in [0.25, 0.3) is 0 Å². The third-order valence-corrected chi connectivity index (χ3v) is 3.17. The van der Waals surface area contributed by atoms with Crippen molar-refractivity contribution in [2.75, 3.05) is 11.1 Å². The number of carbonyl (C=O) groups is 2. The van der Waals surface area contributed by atoms with Gasteiger partial charge in [0.05, 0.1) is 11.7 Å². The molecule has 1 aromatic carbocycles. The SMILES string of the molecule is O=C(CSc1ncccn1)Nc1ccccc1C(=O)[O-]. The summed E-state index contributed by atoms with van der Waals surface area (Å²) in [5.74, 6) is -1.58. The van der Waals surface area contributed by atoms with Crippen LogP contribution in [0.15, 0.2) is 47.9 Å². The first-order valence-corrected chi connectivity index (χ1v) is 6.65. The van der Waals surface area contributed by atoms with Crippen LogP contribution in [0, 0.1) is 0 Å². The van der Waals surface area contributed by atoms with E-state index in [1.54, 1.807) is 30.6 Å². The van der Waals surface area contributed by atoms with E-state index in [1.165, 1.54) is 12.1 Å². The lowest BCUT2D eigenvalue weighted by Crippen LogP contribution is -2.25. The Morgan fingerprint density at radius 1 is 1.15 bits per heavy atom. The molecule has 0 saturated heterocycles. The van der Waals surface area contributed by atoms with Crippen molar-refractivity contribution < 1.29 is 14.7 Å². The molecule has 7 heteroatoms. The number of rotatable bonds is 5. The second-order valence-corrected chi connectivity index (χ2v) is 4.64. The summed E-state index contributed by atoms with van der Waals surface area (Å²) in [4.78, 5) is 30.6. The molecular weight excluding hydrogens is 278 g/mol. The van der Waals surface area contributed by atoms with E-state index in [1.807, 2.05) is 0 Å². The average Bonchev–Trinajstić information content (AvgIpc) is 2.46. The number of amides is 1. The van der Waals surface area contributed by atoms with Gasteiger partial charge < -0.3 is 15.2 Å². The highest BCUT2D eigenvalue weighted by Gasteiger charge is 2.08. The number of benzene rings is 1. The Morgan fingerprint density at radius 3 is 2.55 bits per heavy atom. The lowest BCUT2D eigenvalue weighted by Gasteiger charge is -2.11. The van der Waals surface area contributed by atoms with E-state index >= 15 is 0 Å². The van der Waals surface area contributed by atoms with Gasteiger partial charge in [-0.05, 0) is 12.1 Å². The van der Waals surface area contributed by atoms with E-state index < -0.39 is 5.97 Å². The number of para-hydroxylation sites is 1. The Bertz CT molecular complexity index is 619. The molecule has 1 heterocycles. The number of aromatic nitrogens is 2. The molecule has 0 fully saturated rings. The fourth-order valence-electron chi connectivity index (χ4n) is 1.45. The highest BCUT2D eigenvalue weighted by molar-refractivity contribution is 7.99. The molecule has 0 atom stereocenters. The summed E-state index contributed by atoms with van der Waals surface area (Å²) in [6, 6.07) is 7.76. The molecule has 0 aliphatic carbocycles. The Labute approximate surface area is 119 Å². The van der Waals surface area contributed by atoms with Crippen LogP contribution < -0.4 is 10.4 Å².